The largest absolute Gasteiger partial charge is 0.380 e. The predicted octanol–water partition coefficient (Wildman–Crippen LogP) is 1.27. The second-order valence-corrected chi connectivity index (χ2v) is 8.58. The van der Waals surface area contributed by atoms with Crippen molar-refractivity contribution in [1.82, 2.24) is 15.2 Å². The summed E-state index contributed by atoms with van der Waals surface area (Å²) in [5.41, 5.74) is 12.0. The number of imide groups is 1. The fourth-order valence-corrected chi connectivity index (χ4v) is 4.69. The van der Waals surface area contributed by atoms with E-state index >= 15 is 0 Å². The number of carbonyl (C=O) groups is 3. The van der Waals surface area contributed by atoms with Crippen molar-refractivity contribution in [2.45, 2.75) is 57.3 Å². The maximum absolute atomic E-state index is 12.8. The van der Waals surface area contributed by atoms with Crippen molar-refractivity contribution in [3.63, 3.8) is 0 Å². The van der Waals surface area contributed by atoms with Gasteiger partial charge in [0.15, 0.2) is 0 Å². The smallest absolute Gasteiger partial charge is 0.255 e. The second kappa shape index (κ2) is 7.77. The molecule has 1 saturated heterocycles. The number of nitrogens with two attached hydrogens (primary N) is 1. The van der Waals surface area contributed by atoms with Gasteiger partial charge in [-0.25, -0.2) is 0 Å². The zero-order valence-electron chi connectivity index (χ0n) is 17.2. The Labute approximate surface area is 180 Å². The van der Waals surface area contributed by atoms with Gasteiger partial charge in [-0.3, -0.25) is 24.7 Å². The summed E-state index contributed by atoms with van der Waals surface area (Å²) in [6.07, 6.45) is 5.25. The fourth-order valence-electron chi connectivity index (χ4n) is 4.69. The molecule has 0 bridgehead atoms. The van der Waals surface area contributed by atoms with E-state index in [0.29, 0.717) is 25.1 Å². The molecule has 3 heterocycles. The van der Waals surface area contributed by atoms with Crippen LogP contribution >= 0.6 is 0 Å². The standard InChI is InChI=1S/C23H25N5O3/c24-16-2-4-19-14(8-16)9-17(11-26-19)25-10-13-1-3-18-15(7-13)12-28(23(18)31)20-5-6-21(29)27-22(20)30/h1,3,7,9,11,16,20,25H,2,4-6,8,10,12,24H2,(H,27,29,30). The minimum Gasteiger partial charge on any atom is -0.380 e. The van der Waals surface area contributed by atoms with Crippen LogP contribution < -0.4 is 16.4 Å². The van der Waals surface area contributed by atoms with Crippen LogP contribution in [0.25, 0.3) is 0 Å². The summed E-state index contributed by atoms with van der Waals surface area (Å²) in [6.45, 7) is 0.985. The van der Waals surface area contributed by atoms with Gasteiger partial charge in [0.05, 0.1) is 11.9 Å². The molecule has 1 fully saturated rings. The number of pyridine rings is 1. The molecule has 2 aromatic rings. The molecule has 31 heavy (non-hydrogen) atoms. The molecule has 3 aliphatic rings. The van der Waals surface area contributed by atoms with Gasteiger partial charge in [-0.15, -0.1) is 0 Å². The van der Waals surface area contributed by atoms with Gasteiger partial charge in [0, 0.05) is 36.8 Å². The van der Waals surface area contributed by atoms with Crippen LogP contribution in [0.4, 0.5) is 5.69 Å². The Bertz CT molecular complexity index is 1080. The van der Waals surface area contributed by atoms with Crippen molar-refractivity contribution >= 4 is 23.4 Å². The third-order valence-electron chi connectivity index (χ3n) is 6.38. The fraction of sp³-hybridized carbons (Fsp3) is 0.391. The van der Waals surface area contributed by atoms with E-state index in [2.05, 4.69) is 21.7 Å². The molecule has 2 aliphatic heterocycles. The SMILES string of the molecule is NC1CCc2ncc(NCc3ccc4c(c3)CN(C3CCC(=O)NC3=O)C4=O)cc2C1. The lowest BCUT2D eigenvalue weighted by atomic mass is 9.92. The Morgan fingerprint density at radius 1 is 1.13 bits per heavy atom. The lowest BCUT2D eigenvalue weighted by Crippen LogP contribution is -2.52. The third-order valence-corrected chi connectivity index (χ3v) is 6.38. The summed E-state index contributed by atoms with van der Waals surface area (Å²) >= 11 is 0. The number of benzene rings is 1. The molecule has 160 valence electrons. The first-order valence-electron chi connectivity index (χ1n) is 10.7. The highest BCUT2D eigenvalue weighted by atomic mass is 16.2. The molecule has 1 aromatic heterocycles. The van der Waals surface area contributed by atoms with Crippen molar-refractivity contribution in [3.05, 3.63) is 58.4 Å². The highest BCUT2D eigenvalue weighted by Crippen LogP contribution is 2.28. The Morgan fingerprint density at radius 3 is 2.84 bits per heavy atom. The summed E-state index contributed by atoms with van der Waals surface area (Å²) in [7, 11) is 0. The molecule has 1 aliphatic carbocycles. The van der Waals surface area contributed by atoms with Crippen LogP contribution in [0, 0.1) is 0 Å². The van der Waals surface area contributed by atoms with Crippen molar-refractivity contribution < 1.29 is 14.4 Å². The first kappa shape index (κ1) is 19.7. The van der Waals surface area contributed by atoms with Gasteiger partial charge >= 0.3 is 0 Å². The van der Waals surface area contributed by atoms with E-state index in [4.69, 9.17) is 5.73 Å². The monoisotopic (exact) mass is 419 g/mol. The van der Waals surface area contributed by atoms with Crippen molar-refractivity contribution in [1.29, 1.82) is 0 Å². The number of carbonyl (C=O) groups excluding carboxylic acids is 3. The maximum atomic E-state index is 12.8. The molecule has 0 saturated carbocycles. The van der Waals surface area contributed by atoms with E-state index in [1.165, 1.54) is 5.56 Å². The number of nitrogens with one attached hydrogen (secondary N) is 2. The number of amides is 3. The number of nitrogens with zero attached hydrogens (tertiary/aromatic N) is 2. The predicted molar refractivity (Wildman–Crippen MR) is 114 cm³/mol. The van der Waals surface area contributed by atoms with E-state index in [-0.39, 0.29) is 30.2 Å². The highest BCUT2D eigenvalue weighted by molar-refractivity contribution is 6.05. The zero-order chi connectivity index (χ0) is 21.5. The molecule has 8 heteroatoms. The quantitative estimate of drug-likeness (QED) is 0.643. The number of aryl methyl sites for hydroxylation is 1. The van der Waals surface area contributed by atoms with Gasteiger partial charge in [-0.2, -0.15) is 0 Å². The third kappa shape index (κ3) is 3.79. The Balaban J connectivity index is 1.27. The number of fused-ring (bicyclic) bond motifs is 2. The summed E-state index contributed by atoms with van der Waals surface area (Å²) < 4.78 is 0. The summed E-state index contributed by atoms with van der Waals surface area (Å²) in [5.74, 6) is -0.824. The highest BCUT2D eigenvalue weighted by Gasteiger charge is 2.39. The Morgan fingerprint density at radius 2 is 2.00 bits per heavy atom. The summed E-state index contributed by atoms with van der Waals surface area (Å²) in [5, 5.41) is 5.74. The van der Waals surface area contributed by atoms with E-state index < -0.39 is 6.04 Å². The molecule has 3 amide bonds. The second-order valence-electron chi connectivity index (χ2n) is 8.58. The molecule has 0 spiro atoms. The molecule has 1 aromatic carbocycles. The van der Waals surface area contributed by atoms with Crippen LogP contribution in [-0.2, 0) is 35.5 Å². The average Bonchev–Trinajstić information content (AvgIpc) is 3.07. The molecule has 4 N–H and O–H groups in total. The van der Waals surface area contributed by atoms with E-state index in [1.54, 1.807) is 4.90 Å². The number of piperidine rings is 1. The van der Waals surface area contributed by atoms with Crippen molar-refractivity contribution in [2.24, 2.45) is 5.73 Å². The normalized spacial score (nSPS) is 22.7. The van der Waals surface area contributed by atoms with Crippen LogP contribution in [0.3, 0.4) is 0 Å². The first-order valence-corrected chi connectivity index (χ1v) is 10.7. The molecule has 2 atom stereocenters. The van der Waals surface area contributed by atoms with Crippen LogP contribution in [0.5, 0.6) is 0 Å². The molecule has 2 unspecified atom stereocenters. The van der Waals surface area contributed by atoms with E-state index in [1.807, 2.05) is 24.4 Å². The molecular weight excluding hydrogens is 394 g/mol. The number of aromatic nitrogens is 1. The average molecular weight is 419 g/mol. The number of anilines is 1. The van der Waals surface area contributed by atoms with E-state index in [9.17, 15) is 14.4 Å². The van der Waals surface area contributed by atoms with Gasteiger partial charge in [0.25, 0.3) is 5.91 Å². The summed E-state index contributed by atoms with van der Waals surface area (Å²) in [4.78, 5) is 42.5. The van der Waals surface area contributed by atoms with Gasteiger partial charge in [0.2, 0.25) is 11.8 Å². The molecule has 8 nitrogen and oxygen atoms in total. The number of hydrogen-bond donors (Lipinski definition) is 3. The first-order chi connectivity index (χ1) is 15.0. The minimum atomic E-state index is -0.591. The van der Waals surface area contributed by atoms with Crippen LogP contribution in [0.2, 0.25) is 0 Å². The van der Waals surface area contributed by atoms with Gasteiger partial charge in [-0.05, 0) is 54.5 Å². The lowest BCUT2D eigenvalue weighted by Gasteiger charge is -2.29. The summed E-state index contributed by atoms with van der Waals surface area (Å²) in [6, 6.07) is 7.50. The maximum Gasteiger partial charge on any atom is 0.255 e. The molecule has 5 rings (SSSR count). The zero-order valence-corrected chi connectivity index (χ0v) is 17.2. The van der Waals surface area contributed by atoms with E-state index in [0.717, 1.165) is 41.8 Å². The lowest BCUT2D eigenvalue weighted by molar-refractivity contribution is -0.136. The Hall–Kier alpha value is -3.26. The molecular formula is C23H25N5O3. The van der Waals surface area contributed by atoms with Crippen LogP contribution in [0.15, 0.2) is 30.5 Å². The van der Waals surface area contributed by atoms with Gasteiger partial charge in [-0.1, -0.05) is 12.1 Å². The molecule has 0 radical (unpaired) electrons. The van der Waals surface area contributed by atoms with Crippen molar-refractivity contribution in [2.75, 3.05) is 5.32 Å². The van der Waals surface area contributed by atoms with Gasteiger partial charge in [0.1, 0.15) is 6.04 Å². The van der Waals surface area contributed by atoms with Gasteiger partial charge < -0.3 is 16.0 Å². The Kier molecular flexibility index (Phi) is 4.94. The van der Waals surface area contributed by atoms with Crippen molar-refractivity contribution in [3.8, 4) is 0 Å². The van der Waals surface area contributed by atoms with Crippen LogP contribution in [-0.4, -0.2) is 39.7 Å². The van der Waals surface area contributed by atoms with Crippen LogP contribution in [0.1, 0.15) is 52.0 Å². The number of hydrogen-bond acceptors (Lipinski definition) is 6. The topological polar surface area (TPSA) is 117 Å². The minimum absolute atomic E-state index is 0.153. The number of rotatable bonds is 4.